The predicted molar refractivity (Wildman–Crippen MR) is 219 cm³/mol. The summed E-state index contributed by atoms with van der Waals surface area (Å²) in [5, 5.41) is 14.8. The van der Waals surface area contributed by atoms with Crippen LogP contribution in [0.25, 0.3) is 10.9 Å². The number of benzene rings is 3. The third-order valence-electron chi connectivity index (χ3n) is 10.7. The summed E-state index contributed by atoms with van der Waals surface area (Å²) >= 11 is 0. The Hall–Kier alpha value is -5.08. The van der Waals surface area contributed by atoms with Gasteiger partial charge in [0.05, 0.1) is 35.7 Å². The second kappa shape index (κ2) is 17.0. The van der Waals surface area contributed by atoms with E-state index in [0.717, 1.165) is 27.6 Å². The Kier molecular flexibility index (Phi) is 12.1. The van der Waals surface area contributed by atoms with Crippen LogP contribution in [-0.4, -0.2) is 100 Å². The maximum Gasteiger partial charge on any atom is 0.252 e. The fourth-order valence-corrected chi connectivity index (χ4v) is 8.32. The number of aromatic amines is 1. The largest absolute Gasteiger partial charge is 0.368 e. The number of nitrogens with one attached hydrogen (secondary N) is 5. The number of hydrogen-bond acceptors (Lipinski definition) is 8. The van der Waals surface area contributed by atoms with Gasteiger partial charge in [0.2, 0.25) is 17.7 Å². The van der Waals surface area contributed by atoms with Crippen molar-refractivity contribution in [2.45, 2.75) is 114 Å². The standard InChI is InChI=1S/C45H56N6O7/c1-44(2,3)56-35-26-51-37(38(35)57-45(4,5)6)36-39(58-51)43(55)47-25-30(21-27-15-9-7-10-16-27)48-40(52)33(22-28-17-11-8-12-18-28)49-41(53)34(50-42(36)54)23-29-24-46-32-20-14-13-19-31(29)32/h7-20,24,30,33-39,46H,21-23,25-26H2,1-6H3,(H,47,55)(H,48,52)(H,49,53)(H,50,54)/t30-,33-,34-,35+,36-,37+,38+,39+/m0/s1. The number of nitrogens with zero attached hydrogens (tertiary/aromatic N) is 1. The van der Waals surface area contributed by atoms with Crippen molar-refractivity contribution in [2.75, 3.05) is 13.1 Å². The molecule has 4 heterocycles. The van der Waals surface area contributed by atoms with Crippen molar-refractivity contribution < 1.29 is 33.5 Å². The van der Waals surface area contributed by atoms with Crippen molar-refractivity contribution in [3.05, 3.63) is 108 Å². The molecular weight excluding hydrogens is 737 g/mol. The van der Waals surface area contributed by atoms with Crippen LogP contribution in [0.3, 0.4) is 0 Å². The van der Waals surface area contributed by atoms with Crippen LogP contribution in [0, 0.1) is 5.92 Å². The fraction of sp³-hybridized carbons (Fsp3) is 0.467. The molecule has 0 unspecified atom stereocenters. The highest BCUT2D eigenvalue weighted by Crippen LogP contribution is 2.41. The quantitative estimate of drug-likeness (QED) is 0.180. The van der Waals surface area contributed by atoms with Gasteiger partial charge in [0.15, 0.2) is 6.10 Å². The van der Waals surface area contributed by atoms with E-state index < -0.39 is 83.2 Å². The molecule has 5 N–H and O–H groups in total. The van der Waals surface area contributed by atoms with Gasteiger partial charge in [0.25, 0.3) is 5.91 Å². The molecule has 3 fully saturated rings. The van der Waals surface area contributed by atoms with Gasteiger partial charge in [-0.25, -0.2) is 0 Å². The number of para-hydroxylation sites is 1. The number of fused-ring (bicyclic) bond motifs is 4. The summed E-state index contributed by atoms with van der Waals surface area (Å²) < 4.78 is 13.2. The number of hydrogen-bond donors (Lipinski definition) is 5. The molecule has 3 aliphatic heterocycles. The molecule has 3 aliphatic rings. The molecule has 13 heteroatoms. The van der Waals surface area contributed by atoms with Gasteiger partial charge in [-0.05, 0) is 70.7 Å². The number of carbonyl (C=O) groups excluding carboxylic acids is 4. The molecule has 58 heavy (non-hydrogen) atoms. The first-order valence-corrected chi connectivity index (χ1v) is 20.2. The lowest BCUT2D eigenvalue weighted by Gasteiger charge is -2.36. The van der Waals surface area contributed by atoms with E-state index >= 15 is 0 Å². The molecule has 4 aromatic rings. The van der Waals surface area contributed by atoms with Crippen LogP contribution >= 0.6 is 0 Å². The Morgan fingerprint density at radius 2 is 1.26 bits per heavy atom. The van der Waals surface area contributed by atoms with Crippen LogP contribution < -0.4 is 21.3 Å². The van der Waals surface area contributed by atoms with E-state index in [9.17, 15) is 19.2 Å². The van der Waals surface area contributed by atoms with Crippen molar-refractivity contribution >= 4 is 34.5 Å². The molecule has 0 bridgehead atoms. The summed E-state index contributed by atoms with van der Waals surface area (Å²) in [5.41, 5.74) is 2.31. The van der Waals surface area contributed by atoms with Crippen molar-refractivity contribution in [3.8, 4) is 0 Å². The molecular formula is C45H56N6O7. The van der Waals surface area contributed by atoms with E-state index in [1.165, 1.54) is 0 Å². The van der Waals surface area contributed by atoms with Crippen molar-refractivity contribution in [1.82, 2.24) is 31.3 Å². The fourth-order valence-electron chi connectivity index (χ4n) is 8.32. The minimum absolute atomic E-state index is 0.0468. The van der Waals surface area contributed by atoms with Gasteiger partial charge in [0, 0.05) is 36.5 Å². The number of ether oxygens (including phenoxy) is 2. The van der Waals surface area contributed by atoms with E-state index in [-0.39, 0.29) is 25.9 Å². The Labute approximate surface area is 339 Å². The Balaban J connectivity index is 1.28. The van der Waals surface area contributed by atoms with E-state index in [1.807, 2.05) is 133 Å². The summed E-state index contributed by atoms with van der Waals surface area (Å²) in [6.45, 7) is 12.0. The second-order valence-corrected chi connectivity index (χ2v) is 17.6. The van der Waals surface area contributed by atoms with E-state index in [2.05, 4.69) is 26.3 Å². The van der Waals surface area contributed by atoms with Gasteiger partial charge in [-0.2, -0.15) is 5.06 Å². The summed E-state index contributed by atoms with van der Waals surface area (Å²) in [6, 6.07) is 23.4. The smallest absolute Gasteiger partial charge is 0.252 e. The molecule has 0 radical (unpaired) electrons. The highest BCUT2D eigenvalue weighted by molar-refractivity contribution is 5.96. The molecule has 4 amide bonds. The second-order valence-electron chi connectivity index (χ2n) is 17.6. The molecule has 0 saturated carbocycles. The molecule has 8 atom stereocenters. The molecule has 3 saturated heterocycles. The number of hydroxylamine groups is 2. The average molecular weight is 793 g/mol. The summed E-state index contributed by atoms with van der Waals surface area (Å²) in [7, 11) is 0. The summed E-state index contributed by atoms with van der Waals surface area (Å²) in [6.07, 6.45) is 0.135. The molecule has 13 nitrogen and oxygen atoms in total. The zero-order chi connectivity index (χ0) is 41.2. The number of amides is 4. The predicted octanol–water partition coefficient (Wildman–Crippen LogP) is 3.76. The highest BCUT2D eigenvalue weighted by atomic mass is 16.7. The first-order valence-electron chi connectivity index (χ1n) is 20.2. The van der Waals surface area contributed by atoms with Crippen molar-refractivity contribution in [1.29, 1.82) is 0 Å². The number of aromatic nitrogens is 1. The van der Waals surface area contributed by atoms with Gasteiger partial charge in [-0.1, -0.05) is 78.9 Å². The minimum Gasteiger partial charge on any atom is -0.368 e. The lowest BCUT2D eigenvalue weighted by molar-refractivity contribution is -0.174. The molecule has 3 aromatic carbocycles. The molecule has 0 aliphatic carbocycles. The molecule has 308 valence electrons. The first kappa shape index (κ1) is 41.1. The lowest BCUT2D eigenvalue weighted by Crippen LogP contribution is -2.60. The monoisotopic (exact) mass is 792 g/mol. The zero-order valence-electron chi connectivity index (χ0n) is 34.1. The van der Waals surface area contributed by atoms with Gasteiger partial charge in [0.1, 0.15) is 24.3 Å². The highest BCUT2D eigenvalue weighted by Gasteiger charge is 2.61. The van der Waals surface area contributed by atoms with Crippen LogP contribution in [0.15, 0.2) is 91.1 Å². The molecule has 0 spiro atoms. The van der Waals surface area contributed by atoms with Gasteiger partial charge in [-0.3, -0.25) is 24.0 Å². The minimum atomic E-state index is -1.26. The Morgan fingerprint density at radius 1 is 0.672 bits per heavy atom. The number of rotatable bonds is 8. The van der Waals surface area contributed by atoms with Gasteiger partial charge < -0.3 is 35.7 Å². The summed E-state index contributed by atoms with van der Waals surface area (Å²) in [5.74, 6) is -3.10. The lowest BCUT2D eigenvalue weighted by atomic mass is 9.88. The average Bonchev–Trinajstić information content (AvgIpc) is 3.84. The maximum atomic E-state index is 15.0. The summed E-state index contributed by atoms with van der Waals surface area (Å²) in [4.78, 5) is 68.0. The Bertz CT molecular complexity index is 2080. The third-order valence-corrected chi connectivity index (χ3v) is 10.7. The van der Waals surface area contributed by atoms with Crippen molar-refractivity contribution in [3.63, 3.8) is 0 Å². The van der Waals surface area contributed by atoms with Crippen LogP contribution in [-0.2, 0) is 52.8 Å². The first-order chi connectivity index (χ1) is 27.6. The van der Waals surface area contributed by atoms with Gasteiger partial charge >= 0.3 is 0 Å². The van der Waals surface area contributed by atoms with Crippen LogP contribution in [0.2, 0.25) is 0 Å². The number of H-pyrrole nitrogens is 1. The topological polar surface area (TPSA) is 163 Å². The normalized spacial score (nSPS) is 27.6. The number of carbonyl (C=O) groups is 4. The van der Waals surface area contributed by atoms with Gasteiger partial charge in [-0.15, -0.1) is 0 Å². The van der Waals surface area contributed by atoms with E-state index in [0.29, 0.717) is 6.42 Å². The van der Waals surface area contributed by atoms with Crippen molar-refractivity contribution in [2.24, 2.45) is 5.92 Å². The SMILES string of the molecule is CC(C)(C)O[C@H]1[C@H]2[C@@H]3C(=O)N[C@@H](Cc4c[nH]c5ccccc45)C(=O)N[C@@H](Cc4ccccc4)C(=O)N[C@@H](Cc4ccccc4)CNC(=O)[C@@H]3ON2C[C@H]1OC(C)(C)C. The molecule has 1 aromatic heterocycles. The maximum absolute atomic E-state index is 15.0. The third kappa shape index (κ3) is 9.78. The Morgan fingerprint density at radius 3 is 1.93 bits per heavy atom. The van der Waals surface area contributed by atoms with Crippen LogP contribution in [0.5, 0.6) is 0 Å². The van der Waals surface area contributed by atoms with Crippen LogP contribution in [0.4, 0.5) is 0 Å². The molecule has 7 rings (SSSR count). The van der Waals surface area contributed by atoms with Crippen LogP contribution in [0.1, 0.15) is 58.2 Å². The van der Waals surface area contributed by atoms with E-state index in [4.69, 9.17) is 14.3 Å². The zero-order valence-corrected chi connectivity index (χ0v) is 34.1. The van der Waals surface area contributed by atoms with E-state index in [1.54, 1.807) is 5.06 Å².